The lowest BCUT2D eigenvalue weighted by Crippen LogP contribution is -2.55. The molecule has 1 aliphatic heterocycles. The molecule has 1 aromatic carbocycles. The third-order valence-corrected chi connectivity index (χ3v) is 4.94. The lowest BCUT2D eigenvalue weighted by Gasteiger charge is -2.40. The number of aryl methyl sites for hydroxylation is 1. The molecule has 0 radical (unpaired) electrons. The van der Waals surface area contributed by atoms with Crippen LogP contribution in [0, 0.1) is 0 Å². The van der Waals surface area contributed by atoms with E-state index in [2.05, 4.69) is 24.1 Å². The fourth-order valence-corrected chi connectivity index (χ4v) is 3.31. The first-order valence-corrected chi connectivity index (χ1v) is 8.64. The highest BCUT2D eigenvalue weighted by Gasteiger charge is 2.28. The fraction of sp³-hybridized carbons (Fsp3) is 0.556. The number of morpholine rings is 1. The topological polar surface area (TPSA) is 68.5 Å². The van der Waals surface area contributed by atoms with Crippen molar-refractivity contribution in [2.45, 2.75) is 25.9 Å². The van der Waals surface area contributed by atoms with Gasteiger partial charge in [-0.1, -0.05) is 12.1 Å². The molecule has 0 aliphatic carbocycles. The summed E-state index contributed by atoms with van der Waals surface area (Å²) in [5.41, 5.74) is 1.28. The van der Waals surface area contributed by atoms with Gasteiger partial charge in [0.1, 0.15) is 6.54 Å². The van der Waals surface area contributed by atoms with Gasteiger partial charge in [-0.05, 0) is 26.0 Å². The first-order valence-electron chi connectivity index (χ1n) is 8.64. The average molecular weight is 346 g/mol. The van der Waals surface area contributed by atoms with Crippen LogP contribution >= 0.6 is 0 Å². The molecule has 1 amide bonds. The van der Waals surface area contributed by atoms with E-state index in [-0.39, 0.29) is 23.7 Å². The van der Waals surface area contributed by atoms with Crippen LogP contribution in [0.1, 0.15) is 13.8 Å². The van der Waals surface area contributed by atoms with Crippen molar-refractivity contribution in [2.75, 3.05) is 32.8 Å². The number of nitrogens with zero attached hydrogens (tertiary/aromatic N) is 3. The summed E-state index contributed by atoms with van der Waals surface area (Å²) in [6.45, 7) is 7.97. The Kier molecular flexibility index (Phi) is 4.96. The van der Waals surface area contributed by atoms with Gasteiger partial charge in [-0.25, -0.2) is 4.79 Å². The molecule has 1 N–H and O–H groups in total. The van der Waals surface area contributed by atoms with Crippen LogP contribution < -0.4 is 11.0 Å². The number of amides is 1. The van der Waals surface area contributed by atoms with E-state index in [0.29, 0.717) is 6.54 Å². The number of fused-ring (bicyclic) bond motifs is 1. The van der Waals surface area contributed by atoms with Crippen LogP contribution in [0.4, 0.5) is 0 Å². The van der Waals surface area contributed by atoms with E-state index in [1.54, 1.807) is 11.6 Å². The van der Waals surface area contributed by atoms with Gasteiger partial charge in [-0.2, -0.15) is 0 Å². The Labute approximate surface area is 147 Å². The van der Waals surface area contributed by atoms with Gasteiger partial charge in [0.2, 0.25) is 5.91 Å². The SMILES string of the molecule is Cn1c(=O)n(CC(=O)NCC(C)(C)N2CCOCC2)c2ccccc21. The highest BCUT2D eigenvalue weighted by molar-refractivity contribution is 5.80. The predicted molar refractivity (Wildman–Crippen MR) is 96.7 cm³/mol. The van der Waals surface area contributed by atoms with Crippen molar-refractivity contribution in [3.63, 3.8) is 0 Å². The van der Waals surface area contributed by atoms with Crippen molar-refractivity contribution in [3.8, 4) is 0 Å². The maximum Gasteiger partial charge on any atom is 0.329 e. The Hall–Kier alpha value is -2.12. The van der Waals surface area contributed by atoms with Crippen molar-refractivity contribution in [1.82, 2.24) is 19.4 Å². The van der Waals surface area contributed by atoms with Gasteiger partial charge in [-0.3, -0.25) is 18.8 Å². The summed E-state index contributed by atoms with van der Waals surface area (Å²) < 4.78 is 8.48. The Morgan fingerprint density at radius 3 is 2.52 bits per heavy atom. The van der Waals surface area contributed by atoms with Crippen LogP contribution in [0.3, 0.4) is 0 Å². The molecule has 0 saturated carbocycles. The van der Waals surface area contributed by atoms with E-state index in [0.717, 1.165) is 37.3 Å². The quantitative estimate of drug-likeness (QED) is 0.859. The summed E-state index contributed by atoms with van der Waals surface area (Å²) in [5, 5.41) is 2.98. The number of ether oxygens (including phenoxy) is 1. The van der Waals surface area contributed by atoms with E-state index in [1.165, 1.54) is 4.57 Å². The Bertz CT molecular complexity index is 815. The zero-order valence-corrected chi connectivity index (χ0v) is 15.1. The summed E-state index contributed by atoms with van der Waals surface area (Å²) in [6, 6.07) is 7.50. The van der Waals surface area contributed by atoms with Crippen LogP contribution in [-0.4, -0.2) is 58.3 Å². The first-order chi connectivity index (χ1) is 11.9. The minimum atomic E-state index is -0.177. The summed E-state index contributed by atoms with van der Waals surface area (Å²) in [7, 11) is 1.72. The summed E-state index contributed by atoms with van der Waals surface area (Å²) in [6.07, 6.45) is 0. The molecule has 3 rings (SSSR count). The molecule has 136 valence electrons. The number of carbonyl (C=O) groups excluding carboxylic acids is 1. The van der Waals surface area contributed by atoms with Crippen molar-refractivity contribution in [1.29, 1.82) is 0 Å². The van der Waals surface area contributed by atoms with Gasteiger partial charge in [0.05, 0.1) is 24.2 Å². The lowest BCUT2D eigenvalue weighted by molar-refractivity contribution is -0.122. The Balaban J connectivity index is 1.67. The number of para-hydroxylation sites is 2. The zero-order valence-electron chi connectivity index (χ0n) is 15.1. The predicted octanol–water partition coefficient (Wildman–Crippen LogP) is 0.567. The molecule has 0 unspecified atom stereocenters. The molecule has 0 spiro atoms. The minimum Gasteiger partial charge on any atom is -0.379 e. The monoisotopic (exact) mass is 346 g/mol. The summed E-state index contributed by atoms with van der Waals surface area (Å²) in [5.74, 6) is -0.153. The molecule has 2 heterocycles. The smallest absolute Gasteiger partial charge is 0.329 e. The number of aromatic nitrogens is 2. The third-order valence-electron chi connectivity index (χ3n) is 4.94. The molecule has 7 heteroatoms. The van der Waals surface area contributed by atoms with E-state index in [1.807, 2.05) is 24.3 Å². The molecular weight excluding hydrogens is 320 g/mol. The second kappa shape index (κ2) is 7.01. The highest BCUT2D eigenvalue weighted by atomic mass is 16.5. The van der Waals surface area contributed by atoms with Crippen LogP contribution in [-0.2, 0) is 23.1 Å². The number of carbonyl (C=O) groups is 1. The number of imidazole rings is 1. The molecule has 0 atom stereocenters. The van der Waals surface area contributed by atoms with Crippen molar-refractivity contribution >= 4 is 16.9 Å². The molecule has 1 fully saturated rings. The molecule has 1 aromatic heterocycles. The van der Waals surface area contributed by atoms with Gasteiger partial charge in [-0.15, -0.1) is 0 Å². The number of rotatable bonds is 5. The van der Waals surface area contributed by atoms with E-state index in [9.17, 15) is 9.59 Å². The van der Waals surface area contributed by atoms with Crippen LogP contribution in [0.2, 0.25) is 0 Å². The second-order valence-corrected chi connectivity index (χ2v) is 7.11. The summed E-state index contributed by atoms with van der Waals surface area (Å²) in [4.78, 5) is 27.1. The normalized spacial score (nSPS) is 16.3. The number of nitrogens with one attached hydrogen (secondary N) is 1. The standard InChI is InChI=1S/C18H26N4O3/c1-18(2,21-8-10-25-11-9-21)13-19-16(23)12-22-15-7-5-4-6-14(15)20(3)17(22)24/h4-7H,8-13H2,1-3H3,(H,19,23). The maximum atomic E-state index is 12.4. The molecule has 2 aromatic rings. The van der Waals surface area contributed by atoms with Gasteiger partial charge >= 0.3 is 5.69 Å². The lowest BCUT2D eigenvalue weighted by atomic mass is 10.0. The number of hydrogen-bond acceptors (Lipinski definition) is 4. The molecule has 7 nitrogen and oxygen atoms in total. The minimum absolute atomic E-state index is 0.0272. The fourth-order valence-electron chi connectivity index (χ4n) is 3.31. The van der Waals surface area contributed by atoms with E-state index < -0.39 is 0 Å². The van der Waals surface area contributed by atoms with Gasteiger partial charge in [0.15, 0.2) is 0 Å². The van der Waals surface area contributed by atoms with Crippen molar-refractivity contribution < 1.29 is 9.53 Å². The van der Waals surface area contributed by atoms with Gasteiger partial charge in [0, 0.05) is 32.2 Å². The van der Waals surface area contributed by atoms with Gasteiger partial charge in [0.25, 0.3) is 0 Å². The highest BCUT2D eigenvalue weighted by Crippen LogP contribution is 2.15. The number of hydrogen-bond donors (Lipinski definition) is 1. The van der Waals surface area contributed by atoms with E-state index in [4.69, 9.17) is 4.74 Å². The van der Waals surface area contributed by atoms with Crippen molar-refractivity contribution in [3.05, 3.63) is 34.7 Å². The molecular formula is C18H26N4O3. The van der Waals surface area contributed by atoms with Crippen molar-refractivity contribution in [2.24, 2.45) is 7.05 Å². The third kappa shape index (κ3) is 3.62. The van der Waals surface area contributed by atoms with Crippen LogP contribution in [0.5, 0.6) is 0 Å². The zero-order chi connectivity index (χ0) is 18.0. The Morgan fingerprint density at radius 1 is 1.20 bits per heavy atom. The summed E-state index contributed by atoms with van der Waals surface area (Å²) >= 11 is 0. The Morgan fingerprint density at radius 2 is 1.84 bits per heavy atom. The second-order valence-electron chi connectivity index (χ2n) is 7.11. The largest absolute Gasteiger partial charge is 0.379 e. The molecule has 1 aliphatic rings. The molecule has 0 bridgehead atoms. The first kappa shape index (κ1) is 17.7. The average Bonchev–Trinajstić information content (AvgIpc) is 2.86. The number of benzene rings is 1. The maximum absolute atomic E-state index is 12.4. The van der Waals surface area contributed by atoms with Crippen LogP contribution in [0.25, 0.3) is 11.0 Å². The van der Waals surface area contributed by atoms with E-state index >= 15 is 0 Å². The van der Waals surface area contributed by atoms with Crippen LogP contribution in [0.15, 0.2) is 29.1 Å². The van der Waals surface area contributed by atoms with Gasteiger partial charge < -0.3 is 10.1 Å². The molecule has 25 heavy (non-hydrogen) atoms. The molecule has 1 saturated heterocycles.